The number of carbonyl (C=O) groups excluding carboxylic acids is 1. The number of rotatable bonds is 4. The lowest BCUT2D eigenvalue weighted by atomic mass is 10.2. The SMILES string of the molecule is Cc1ccc(-n2nc(C)c(NC(=O)Cn3nnc4ccccc4c3=O)c2C)cc1. The fourth-order valence-corrected chi connectivity index (χ4v) is 3.20. The van der Waals surface area contributed by atoms with E-state index in [0.29, 0.717) is 22.3 Å². The third-order valence-corrected chi connectivity index (χ3v) is 4.76. The van der Waals surface area contributed by atoms with Crippen LogP contribution in [0.1, 0.15) is 17.0 Å². The van der Waals surface area contributed by atoms with Crippen LogP contribution in [-0.4, -0.2) is 30.7 Å². The highest BCUT2D eigenvalue weighted by atomic mass is 16.2. The van der Waals surface area contributed by atoms with Crippen molar-refractivity contribution in [3.63, 3.8) is 0 Å². The molecular formula is C21H20N6O2. The molecular weight excluding hydrogens is 368 g/mol. The molecule has 0 aliphatic carbocycles. The fraction of sp³-hybridized carbons (Fsp3) is 0.190. The van der Waals surface area contributed by atoms with E-state index in [2.05, 4.69) is 20.7 Å². The standard InChI is InChI=1S/C21H20N6O2/c1-13-8-10-16(11-9-13)27-15(3)20(14(2)24-27)22-19(28)12-26-21(29)17-6-4-5-7-18(17)23-25-26/h4-11H,12H2,1-3H3,(H,22,28). The number of nitrogens with one attached hydrogen (secondary N) is 1. The normalized spacial score (nSPS) is 11.0. The molecule has 1 amide bonds. The highest BCUT2D eigenvalue weighted by Crippen LogP contribution is 2.23. The average Bonchev–Trinajstić information content (AvgIpc) is 2.99. The summed E-state index contributed by atoms with van der Waals surface area (Å²) in [6, 6.07) is 14.9. The molecule has 0 saturated heterocycles. The zero-order valence-corrected chi connectivity index (χ0v) is 16.4. The quantitative estimate of drug-likeness (QED) is 0.580. The first-order valence-corrected chi connectivity index (χ1v) is 9.19. The summed E-state index contributed by atoms with van der Waals surface area (Å²) in [7, 11) is 0. The van der Waals surface area contributed by atoms with Crippen molar-refractivity contribution in [3.05, 3.63) is 75.8 Å². The Balaban J connectivity index is 1.58. The van der Waals surface area contributed by atoms with E-state index in [1.54, 1.807) is 28.9 Å². The summed E-state index contributed by atoms with van der Waals surface area (Å²) in [5.41, 5.74) is 4.33. The largest absolute Gasteiger partial charge is 0.321 e. The van der Waals surface area contributed by atoms with Gasteiger partial charge >= 0.3 is 0 Å². The molecule has 2 aromatic heterocycles. The number of benzene rings is 2. The predicted octanol–water partition coefficient (Wildman–Crippen LogP) is 2.54. The van der Waals surface area contributed by atoms with Gasteiger partial charge in [0.05, 0.1) is 28.1 Å². The molecule has 1 N–H and O–H groups in total. The number of nitrogens with zero attached hydrogens (tertiary/aromatic N) is 5. The molecule has 0 aliphatic rings. The van der Waals surface area contributed by atoms with Gasteiger partial charge in [-0.2, -0.15) is 5.10 Å². The van der Waals surface area contributed by atoms with Gasteiger partial charge in [-0.25, -0.2) is 9.36 Å². The number of aryl methyl sites for hydroxylation is 2. The molecule has 2 heterocycles. The summed E-state index contributed by atoms with van der Waals surface area (Å²) in [6.07, 6.45) is 0. The molecule has 0 fully saturated rings. The minimum Gasteiger partial charge on any atom is -0.321 e. The summed E-state index contributed by atoms with van der Waals surface area (Å²) in [5, 5.41) is 15.7. The molecule has 29 heavy (non-hydrogen) atoms. The molecule has 0 radical (unpaired) electrons. The van der Waals surface area contributed by atoms with Gasteiger partial charge in [0.2, 0.25) is 5.91 Å². The highest BCUT2D eigenvalue weighted by molar-refractivity contribution is 5.92. The van der Waals surface area contributed by atoms with Crippen molar-refractivity contribution < 1.29 is 4.79 Å². The smallest absolute Gasteiger partial charge is 0.278 e. The van der Waals surface area contributed by atoms with Crippen molar-refractivity contribution in [2.45, 2.75) is 27.3 Å². The van der Waals surface area contributed by atoms with Gasteiger partial charge in [-0.3, -0.25) is 9.59 Å². The molecule has 0 spiro atoms. The maximum Gasteiger partial charge on any atom is 0.278 e. The number of fused-ring (bicyclic) bond motifs is 1. The number of hydrogen-bond donors (Lipinski definition) is 1. The highest BCUT2D eigenvalue weighted by Gasteiger charge is 2.16. The predicted molar refractivity (Wildman–Crippen MR) is 110 cm³/mol. The fourth-order valence-electron chi connectivity index (χ4n) is 3.20. The summed E-state index contributed by atoms with van der Waals surface area (Å²) in [5.74, 6) is -0.369. The Morgan fingerprint density at radius 2 is 1.76 bits per heavy atom. The Morgan fingerprint density at radius 3 is 2.52 bits per heavy atom. The summed E-state index contributed by atoms with van der Waals surface area (Å²) in [6.45, 7) is 5.51. The first-order valence-electron chi connectivity index (χ1n) is 9.19. The van der Waals surface area contributed by atoms with E-state index < -0.39 is 0 Å². The maximum atomic E-state index is 12.6. The number of aromatic nitrogens is 5. The van der Waals surface area contributed by atoms with Crippen molar-refractivity contribution >= 4 is 22.5 Å². The van der Waals surface area contributed by atoms with Gasteiger partial charge in [0.25, 0.3) is 5.56 Å². The van der Waals surface area contributed by atoms with E-state index >= 15 is 0 Å². The second-order valence-corrected chi connectivity index (χ2v) is 6.91. The molecule has 0 bridgehead atoms. The van der Waals surface area contributed by atoms with E-state index in [1.165, 1.54) is 0 Å². The first kappa shape index (κ1) is 18.5. The second kappa shape index (κ2) is 7.31. The van der Waals surface area contributed by atoms with Gasteiger partial charge in [-0.05, 0) is 45.0 Å². The maximum absolute atomic E-state index is 12.6. The molecule has 4 aromatic rings. The Kier molecular flexibility index (Phi) is 4.67. The number of hydrogen-bond acceptors (Lipinski definition) is 5. The van der Waals surface area contributed by atoms with Crippen molar-refractivity contribution in [2.75, 3.05) is 5.32 Å². The van der Waals surface area contributed by atoms with Gasteiger partial charge in [-0.15, -0.1) is 5.10 Å². The van der Waals surface area contributed by atoms with Crippen LogP contribution in [0.25, 0.3) is 16.6 Å². The van der Waals surface area contributed by atoms with Crippen LogP contribution in [0.3, 0.4) is 0 Å². The van der Waals surface area contributed by atoms with E-state index in [1.807, 2.05) is 45.0 Å². The molecule has 0 saturated carbocycles. The van der Waals surface area contributed by atoms with Crippen LogP contribution in [0.4, 0.5) is 5.69 Å². The molecule has 0 atom stereocenters. The summed E-state index contributed by atoms with van der Waals surface area (Å²) < 4.78 is 2.85. The van der Waals surface area contributed by atoms with Crippen molar-refractivity contribution in [2.24, 2.45) is 0 Å². The average molecular weight is 388 g/mol. The van der Waals surface area contributed by atoms with Crippen LogP contribution < -0.4 is 10.9 Å². The van der Waals surface area contributed by atoms with Gasteiger partial charge in [0.15, 0.2) is 0 Å². The van der Waals surface area contributed by atoms with Gasteiger partial charge < -0.3 is 5.32 Å². The van der Waals surface area contributed by atoms with Crippen LogP contribution in [0.5, 0.6) is 0 Å². The van der Waals surface area contributed by atoms with Gasteiger partial charge in [-0.1, -0.05) is 35.0 Å². The van der Waals surface area contributed by atoms with E-state index in [0.717, 1.165) is 21.6 Å². The minimum absolute atomic E-state index is 0.231. The van der Waals surface area contributed by atoms with Crippen LogP contribution >= 0.6 is 0 Å². The van der Waals surface area contributed by atoms with Crippen molar-refractivity contribution in [1.29, 1.82) is 0 Å². The second-order valence-electron chi connectivity index (χ2n) is 6.91. The topological polar surface area (TPSA) is 94.7 Å². The lowest BCUT2D eigenvalue weighted by Crippen LogP contribution is -2.30. The zero-order valence-electron chi connectivity index (χ0n) is 16.4. The molecule has 8 nitrogen and oxygen atoms in total. The Labute approximate surface area is 166 Å². The lowest BCUT2D eigenvalue weighted by Gasteiger charge is -2.08. The van der Waals surface area contributed by atoms with Crippen molar-refractivity contribution in [1.82, 2.24) is 24.8 Å². The van der Waals surface area contributed by atoms with E-state index in [-0.39, 0.29) is 18.0 Å². The van der Waals surface area contributed by atoms with Gasteiger partial charge in [0.1, 0.15) is 12.1 Å². The summed E-state index contributed by atoms with van der Waals surface area (Å²) >= 11 is 0. The number of carbonyl (C=O) groups is 1. The lowest BCUT2D eigenvalue weighted by molar-refractivity contribution is -0.117. The molecule has 8 heteroatoms. The van der Waals surface area contributed by atoms with Crippen LogP contribution in [0.2, 0.25) is 0 Å². The third kappa shape index (κ3) is 3.52. The minimum atomic E-state index is -0.369. The van der Waals surface area contributed by atoms with E-state index in [4.69, 9.17) is 0 Å². The Hall–Kier alpha value is -3.81. The summed E-state index contributed by atoms with van der Waals surface area (Å²) in [4.78, 5) is 25.1. The first-order chi connectivity index (χ1) is 13.9. The monoisotopic (exact) mass is 388 g/mol. The van der Waals surface area contributed by atoms with Crippen LogP contribution in [0.15, 0.2) is 53.3 Å². The Morgan fingerprint density at radius 1 is 1.03 bits per heavy atom. The van der Waals surface area contributed by atoms with Gasteiger partial charge in [0, 0.05) is 0 Å². The molecule has 2 aromatic carbocycles. The van der Waals surface area contributed by atoms with Crippen LogP contribution in [-0.2, 0) is 11.3 Å². The van der Waals surface area contributed by atoms with Crippen LogP contribution in [0, 0.1) is 20.8 Å². The van der Waals surface area contributed by atoms with Crippen molar-refractivity contribution in [3.8, 4) is 5.69 Å². The molecule has 146 valence electrons. The molecule has 0 unspecified atom stereocenters. The third-order valence-electron chi connectivity index (χ3n) is 4.76. The Bertz CT molecular complexity index is 1270. The van der Waals surface area contributed by atoms with E-state index in [9.17, 15) is 9.59 Å². The molecule has 4 rings (SSSR count). The number of amides is 1. The molecule has 0 aliphatic heterocycles. The zero-order chi connectivity index (χ0) is 20.5. The number of anilines is 1.